The van der Waals surface area contributed by atoms with Crippen LogP contribution in [0.15, 0.2) is 18.2 Å². The SMILES string of the molecule is Cc1ccc(C2(O)CCNCC2)c(C2CC[C@H](C)N2)c1. The summed E-state index contributed by atoms with van der Waals surface area (Å²) < 4.78 is 0. The van der Waals surface area contributed by atoms with Crippen LogP contribution in [0.3, 0.4) is 0 Å². The fraction of sp³-hybridized carbons (Fsp3) is 0.647. The lowest BCUT2D eigenvalue weighted by molar-refractivity contribution is 0.00473. The van der Waals surface area contributed by atoms with Crippen LogP contribution in [0, 0.1) is 6.92 Å². The van der Waals surface area contributed by atoms with Crippen LogP contribution in [-0.4, -0.2) is 24.2 Å². The molecular formula is C17H26N2O. The third kappa shape index (κ3) is 2.62. The molecule has 0 amide bonds. The summed E-state index contributed by atoms with van der Waals surface area (Å²) in [6.45, 7) is 6.18. The third-order valence-electron chi connectivity index (χ3n) is 4.89. The third-order valence-corrected chi connectivity index (χ3v) is 4.89. The highest BCUT2D eigenvalue weighted by Gasteiger charge is 2.35. The first-order chi connectivity index (χ1) is 9.58. The Labute approximate surface area is 121 Å². The van der Waals surface area contributed by atoms with E-state index in [1.807, 2.05) is 0 Å². The van der Waals surface area contributed by atoms with Gasteiger partial charge in [0.2, 0.25) is 0 Å². The lowest BCUT2D eigenvalue weighted by Crippen LogP contribution is -2.40. The molecule has 2 fully saturated rings. The van der Waals surface area contributed by atoms with E-state index < -0.39 is 5.60 Å². The van der Waals surface area contributed by atoms with Gasteiger partial charge in [0.1, 0.15) is 0 Å². The van der Waals surface area contributed by atoms with Gasteiger partial charge in [-0.05, 0) is 63.7 Å². The van der Waals surface area contributed by atoms with Gasteiger partial charge >= 0.3 is 0 Å². The lowest BCUT2D eigenvalue weighted by atomic mass is 9.80. The average Bonchev–Trinajstić information content (AvgIpc) is 2.86. The maximum Gasteiger partial charge on any atom is 0.0924 e. The summed E-state index contributed by atoms with van der Waals surface area (Å²) in [6, 6.07) is 7.54. The molecule has 0 aliphatic carbocycles. The molecule has 110 valence electrons. The van der Waals surface area contributed by atoms with Crippen LogP contribution < -0.4 is 10.6 Å². The molecule has 0 radical (unpaired) electrons. The van der Waals surface area contributed by atoms with Gasteiger partial charge in [0.25, 0.3) is 0 Å². The zero-order chi connectivity index (χ0) is 14.2. The van der Waals surface area contributed by atoms with Crippen molar-refractivity contribution in [2.75, 3.05) is 13.1 Å². The second kappa shape index (κ2) is 5.47. The Morgan fingerprint density at radius 2 is 1.95 bits per heavy atom. The standard InChI is InChI=1S/C17H26N2O/c1-12-3-5-15(17(20)7-9-18-10-8-17)14(11-12)16-6-4-13(2)19-16/h3,5,11,13,16,18-20H,4,6-10H2,1-2H3/t13-,16?/m0/s1. The fourth-order valence-corrected chi connectivity index (χ4v) is 3.68. The number of hydrogen-bond donors (Lipinski definition) is 3. The molecule has 2 aliphatic heterocycles. The molecule has 0 spiro atoms. The molecule has 20 heavy (non-hydrogen) atoms. The van der Waals surface area contributed by atoms with Crippen molar-refractivity contribution in [1.29, 1.82) is 0 Å². The zero-order valence-electron chi connectivity index (χ0n) is 12.6. The van der Waals surface area contributed by atoms with Crippen LogP contribution in [-0.2, 0) is 5.60 Å². The molecule has 1 aromatic carbocycles. The van der Waals surface area contributed by atoms with Crippen LogP contribution in [0.1, 0.15) is 55.3 Å². The topological polar surface area (TPSA) is 44.3 Å². The van der Waals surface area contributed by atoms with E-state index in [1.54, 1.807) is 0 Å². The van der Waals surface area contributed by atoms with Crippen molar-refractivity contribution in [3.63, 3.8) is 0 Å². The largest absolute Gasteiger partial charge is 0.385 e. The van der Waals surface area contributed by atoms with Gasteiger partial charge in [-0.3, -0.25) is 0 Å². The molecule has 2 aliphatic rings. The highest BCUT2D eigenvalue weighted by atomic mass is 16.3. The van der Waals surface area contributed by atoms with E-state index in [2.05, 4.69) is 42.7 Å². The summed E-state index contributed by atoms with van der Waals surface area (Å²) in [5.41, 5.74) is 3.10. The summed E-state index contributed by atoms with van der Waals surface area (Å²) in [7, 11) is 0. The highest BCUT2D eigenvalue weighted by molar-refractivity contribution is 5.39. The number of hydrogen-bond acceptors (Lipinski definition) is 3. The molecule has 3 heteroatoms. The van der Waals surface area contributed by atoms with Gasteiger partial charge < -0.3 is 15.7 Å². The molecule has 2 heterocycles. The van der Waals surface area contributed by atoms with Crippen molar-refractivity contribution in [3.8, 4) is 0 Å². The number of nitrogens with one attached hydrogen (secondary N) is 2. The summed E-state index contributed by atoms with van der Waals surface area (Å²) in [5, 5.41) is 18.1. The van der Waals surface area contributed by atoms with Crippen LogP contribution in [0.25, 0.3) is 0 Å². The Morgan fingerprint density at radius 3 is 2.60 bits per heavy atom. The van der Waals surface area contributed by atoms with E-state index >= 15 is 0 Å². The quantitative estimate of drug-likeness (QED) is 0.776. The number of piperidine rings is 1. The second-order valence-electron chi connectivity index (χ2n) is 6.57. The summed E-state index contributed by atoms with van der Waals surface area (Å²) in [5.74, 6) is 0. The predicted molar refractivity (Wildman–Crippen MR) is 81.8 cm³/mol. The van der Waals surface area contributed by atoms with Gasteiger partial charge in [-0.15, -0.1) is 0 Å². The zero-order valence-corrected chi connectivity index (χ0v) is 12.6. The monoisotopic (exact) mass is 274 g/mol. The van der Waals surface area contributed by atoms with Gasteiger partial charge in [0.05, 0.1) is 5.60 Å². The number of aliphatic hydroxyl groups is 1. The number of rotatable bonds is 2. The smallest absolute Gasteiger partial charge is 0.0924 e. The molecule has 0 saturated carbocycles. The summed E-state index contributed by atoms with van der Waals surface area (Å²) in [4.78, 5) is 0. The fourth-order valence-electron chi connectivity index (χ4n) is 3.68. The number of aryl methyl sites for hydroxylation is 1. The predicted octanol–water partition coefficient (Wildman–Crippen LogP) is 2.38. The van der Waals surface area contributed by atoms with Crippen molar-refractivity contribution >= 4 is 0 Å². The molecular weight excluding hydrogens is 248 g/mol. The van der Waals surface area contributed by atoms with Gasteiger partial charge in [0, 0.05) is 12.1 Å². The molecule has 0 aromatic heterocycles. The minimum atomic E-state index is -0.651. The minimum Gasteiger partial charge on any atom is -0.385 e. The molecule has 2 atom stereocenters. The van der Waals surface area contributed by atoms with Gasteiger partial charge in [-0.25, -0.2) is 0 Å². The van der Waals surface area contributed by atoms with Crippen molar-refractivity contribution in [3.05, 3.63) is 34.9 Å². The Kier molecular flexibility index (Phi) is 3.85. The van der Waals surface area contributed by atoms with Gasteiger partial charge in [0.15, 0.2) is 0 Å². The maximum atomic E-state index is 11.1. The van der Waals surface area contributed by atoms with E-state index in [1.165, 1.54) is 24.0 Å². The number of benzene rings is 1. The Bertz CT molecular complexity index is 480. The van der Waals surface area contributed by atoms with E-state index in [0.717, 1.165) is 31.5 Å². The lowest BCUT2D eigenvalue weighted by Gasteiger charge is -2.36. The van der Waals surface area contributed by atoms with Crippen molar-refractivity contribution in [2.45, 2.75) is 57.2 Å². The van der Waals surface area contributed by atoms with E-state index in [9.17, 15) is 5.11 Å². The molecule has 3 rings (SSSR count). The Morgan fingerprint density at radius 1 is 1.20 bits per heavy atom. The van der Waals surface area contributed by atoms with Crippen LogP contribution >= 0.6 is 0 Å². The molecule has 1 aromatic rings. The van der Waals surface area contributed by atoms with E-state index in [0.29, 0.717) is 12.1 Å². The van der Waals surface area contributed by atoms with Gasteiger partial charge in [-0.2, -0.15) is 0 Å². The second-order valence-corrected chi connectivity index (χ2v) is 6.57. The van der Waals surface area contributed by atoms with Crippen molar-refractivity contribution in [1.82, 2.24) is 10.6 Å². The Balaban J connectivity index is 1.97. The first-order valence-corrected chi connectivity index (χ1v) is 7.89. The highest BCUT2D eigenvalue weighted by Crippen LogP contribution is 2.38. The summed E-state index contributed by atoms with van der Waals surface area (Å²) >= 11 is 0. The average molecular weight is 274 g/mol. The minimum absolute atomic E-state index is 0.402. The Hall–Kier alpha value is -0.900. The van der Waals surface area contributed by atoms with Crippen molar-refractivity contribution < 1.29 is 5.11 Å². The maximum absolute atomic E-state index is 11.1. The van der Waals surface area contributed by atoms with Crippen LogP contribution in [0.2, 0.25) is 0 Å². The van der Waals surface area contributed by atoms with Gasteiger partial charge in [-0.1, -0.05) is 23.8 Å². The van der Waals surface area contributed by atoms with E-state index in [4.69, 9.17) is 0 Å². The van der Waals surface area contributed by atoms with Crippen LogP contribution in [0.5, 0.6) is 0 Å². The molecule has 2 saturated heterocycles. The molecule has 1 unspecified atom stereocenters. The molecule has 0 bridgehead atoms. The normalized spacial score (nSPS) is 29.6. The first kappa shape index (κ1) is 14.1. The van der Waals surface area contributed by atoms with Crippen LogP contribution in [0.4, 0.5) is 0 Å². The van der Waals surface area contributed by atoms with E-state index in [-0.39, 0.29) is 0 Å². The molecule has 3 nitrogen and oxygen atoms in total. The van der Waals surface area contributed by atoms with Crippen molar-refractivity contribution in [2.24, 2.45) is 0 Å². The summed E-state index contributed by atoms with van der Waals surface area (Å²) in [6.07, 6.45) is 4.01. The molecule has 3 N–H and O–H groups in total. The first-order valence-electron chi connectivity index (χ1n) is 7.89.